The van der Waals surface area contributed by atoms with Crippen molar-refractivity contribution in [3.05, 3.63) is 64.8 Å². The molecule has 5 rings (SSSR count). The Balaban J connectivity index is 1.40. The molecule has 1 fully saturated rings. The molecule has 5 nitrogen and oxygen atoms in total. The summed E-state index contributed by atoms with van der Waals surface area (Å²) in [5.74, 6) is -2.10. The molecule has 1 aromatic rings. The van der Waals surface area contributed by atoms with Crippen LogP contribution >= 0.6 is 0 Å². The summed E-state index contributed by atoms with van der Waals surface area (Å²) < 4.78 is 78.8. The fraction of sp³-hybridized carbons (Fsp3) is 0.500. The first kappa shape index (κ1) is 23.4. The second kappa shape index (κ2) is 8.41. The predicted octanol–water partition coefficient (Wildman–Crippen LogP) is 4.88. The van der Waals surface area contributed by atoms with Gasteiger partial charge in [0.1, 0.15) is 5.82 Å². The van der Waals surface area contributed by atoms with Crippen molar-refractivity contribution >= 4 is 15.7 Å². The molecule has 1 saturated carbocycles. The van der Waals surface area contributed by atoms with E-state index in [1.807, 2.05) is 11.2 Å². The normalized spacial score (nSPS) is 24.7. The number of nitrogens with one attached hydrogen (secondary N) is 1. The highest BCUT2D eigenvalue weighted by molar-refractivity contribution is 7.89. The van der Waals surface area contributed by atoms with Gasteiger partial charge in [-0.1, -0.05) is 12.5 Å². The van der Waals surface area contributed by atoms with Gasteiger partial charge in [-0.2, -0.15) is 13.2 Å². The minimum absolute atomic E-state index is 0.00598. The number of hydrogen-bond donors (Lipinski definition) is 1. The molecule has 0 spiro atoms. The first-order valence-corrected chi connectivity index (χ1v) is 13.1. The average molecular weight is 498 g/mol. The lowest BCUT2D eigenvalue weighted by atomic mass is 9.80. The Morgan fingerprint density at radius 2 is 1.82 bits per heavy atom. The fourth-order valence-electron chi connectivity index (χ4n) is 5.34. The standard InChI is InChI=1S/C24H27F4N3O2S/c1-15-21-11-29-31(20-8-6-19(25)7-9-20)22(21)10-17-4-5-18(23(15)17)13-30(12-16-2-3-16)34(32,33)14-24(26,27)28/h6-11,15-16,18,29H,2-5,12-14H2,1H3/t15-,18+/m0/s1. The average Bonchev–Trinajstić information content (AvgIpc) is 3.31. The van der Waals surface area contributed by atoms with Crippen molar-refractivity contribution in [3.8, 4) is 0 Å². The maximum absolute atomic E-state index is 13.4. The molecule has 1 heterocycles. The molecule has 0 aromatic heterocycles. The Kier molecular flexibility index (Phi) is 5.79. The number of anilines is 1. The van der Waals surface area contributed by atoms with Crippen molar-refractivity contribution in [2.75, 3.05) is 23.9 Å². The smallest absolute Gasteiger partial charge is 0.301 e. The van der Waals surface area contributed by atoms with Gasteiger partial charge in [0.2, 0.25) is 10.0 Å². The van der Waals surface area contributed by atoms with Crippen molar-refractivity contribution in [2.45, 2.75) is 38.8 Å². The first-order chi connectivity index (χ1) is 16.0. The maximum atomic E-state index is 13.4. The van der Waals surface area contributed by atoms with Gasteiger partial charge in [-0.3, -0.25) is 5.01 Å². The third-order valence-electron chi connectivity index (χ3n) is 7.11. The van der Waals surface area contributed by atoms with Crippen LogP contribution in [-0.4, -0.2) is 37.7 Å². The molecule has 1 aliphatic heterocycles. The van der Waals surface area contributed by atoms with Crippen LogP contribution < -0.4 is 10.4 Å². The number of fused-ring (bicyclic) bond motifs is 1. The molecule has 1 N–H and O–H groups in total. The zero-order valence-electron chi connectivity index (χ0n) is 18.8. The number of hydrogen-bond acceptors (Lipinski definition) is 4. The Morgan fingerprint density at radius 1 is 1.12 bits per heavy atom. The van der Waals surface area contributed by atoms with Crippen LogP contribution in [0.1, 0.15) is 32.6 Å². The van der Waals surface area contributed by atoms with Crippen molar-refractivity contribution in [1.82, 2.24) is 9.73 Å². The monoisotopic (exact) mass is 497 g/mol. The lowest BCUT2D eigenvalue weighted by Crippen LogP contribution is -2.42. The zero-order chi connectivity index (χ0) is 24.3. The van der Waals surface area contributed by atoms with Crippen LogP contribution in [0.2, 0.25) is 0 Å². The largest absolute Gasteiger partial charge is 0.404 e. The van der Waals surface area contributed by atoms with Gasteiger partial charge in [0, 0.05) is 30.8 Å². The molecule has 1 aromatic carbocycles. The van der Waals surface area contributed by atoms with E-state index < -0.39 is 22.0 Å². The van der Waals surface area contributed by atoms with Crippen LogP contribution in [0.15, 0.2) is 59.0 Å². The Labute approximate surface area is 196 Å². The van der Waals surface area contributed by atoms with Gasteiger partial charge in [-0.15, -0.1) is 0 Å². The van der Waals surface area contributed by atoms with Crippen LogP contribution in [0.3, 0.4) is 0 Å². The third-order valence-corrected chi connectivity index (χ3v) is 8.89. The van der Waals surface area contributed by atoms with Gasteiger partial charge in [-0.05, 0) is 73.4 Å². The summed E-state index contributed by atoms with van der Waals surface area (Å²) >= 11 is 0. The topological polar surface area (TPSA) is 52.6 Å². The summed E-state index contributed by atoms with van der Waals surface area (Å²) in [5, 5.41) is 1.88. The van der Waals surface area contributed by atoms with Crippen molar-refractivity contribution < 1.29 is 26.0 Å². The van der Waals surface area contributed by atoms with Crippen LogP contribution in [0, 0.1) is 23.6 Å². The van der Waals surface area contributed by atoms with Crippen molar-refractivity contribution in [1.29, 1.82) is 0 Å². The molecule has 184 valence electrons. The number of nitrogens with zero attached hydrogens (tertiary/aromatic N) is 2. The fourth-order valence-corrected chi connectivity index (χ4v) is 6.78. The second-order valence-corrected chi connectivity index (χ2v) is 11.6. The minimum Gasteiger partial charge on any atom is -0.301 e. The van der Waals surface area contributed by atoms with Crippen molar-refractivity contribution in [2.24, 2.45) is 17.8 Å². The molecule has 0 unspecified atom stereocenters. The minimum atomic E-state index is -4.76. The van der Waals surface area contributed by atoms with Crippen LogP contribution in [-0.2, 0) is 10.0 Å². The number of sulfonamides is 1. The van der Waals surface area contributed by atoms with Gasteiger partial charge in [0.05, 0.1) is 11.4 Å². The molecule has 0 saturated heterocycles. The van der Waals surface area contributed by atoms with E-state index >= 15 is 0 Å². The molecule has 10 heteroatoms. The summed E-state index contributed by atoms with van der Waals surface area (Å²) in [4.78, 5) is 0. The van der Waals surface area contributed by atoms with E-state index in [9.17, 15) is 26.0 Å². The van der Waals surface area contributed by atoms with E-state index in [4.69, 9.17) is 0 Å². The van der Waals surface area contributed by atoms with E-state index in [1.165, 1.54) is 12.1 Å². The molecule has 0 radical (unpaired) electrons. The SMILES string of the molecule is C[C@H]1C2=CNN(c3ccc(F)cc3)C2=CC2=C1[C@@H](CN(CC1CC1)S(=O)(=O)CC(F)(F)F)CC2. The molecular formula is C24H27F4N3O2S. The van der Waals surface area contributed by atoms with Crippen molar-refractivity contribution in [3.63, 3.8) is 0 Å². The molecule has 3 aliphatic carbocycles. The summed E-state index contributed by atoms with van der Waals surface area (Å²) in [6.07, 6.45) is 2.36. The Bertz CT molecular complexity index is 1170. The highest BCUT2D eigenvalue weighted by Crippen LogP contribution is 2.48. The number of halogens is 4. The van der Waals surface area contributed by atoms with Gasteiger partial charge < -0.3 is 5.43 Å². The van der Waals surface area contributed by atoms with Gasteiger partial charge in [0.25, 0.3) is 0 Å². The highest BCUT2D eigenvalue weighted by Gasteiger charge is 2.43. The first-order valence-electron chi connectivity index (χ1n) is 11.5. The summed E-state index contributed by atoms with van der Waals surface area (Å²) in [6, 6.07) is 6.17. The number of benzene rings is 1. The highest BCUT2D eigenvalue weighted by atomic mass is 32.2. The number of hydrazine groups is 1. The molecule has 0 amide bonds. The summed E-state index contributed by atoms with van der Waals surface area (Å²) in [7, 11) is -4.44. The van der Waals surface area contributed by atoms with Gasteiger partial charge in [0.15, 0.2) is 5.75 Å². The molecular weight excluding hydrogens is 470 g/mol. The predicted molar refractivity (Wildman–Crippen MR) is 121 cm³/mol. The maximum Gasteiger partial charge on any atom is 0.404 e. The summed E-state index contributed by atoms with van der Waals surface area (Å²) in [6.45, 7) is 2.30. The van der Waals surface area contributed by atoms with Crippen LogP contribution in [0.25, 0.3) is 0 Å². The van der Waals surface area contributed by atoms with Crippen LogP contribution in [0.5, 0.6) is 0 Å². The van der Waals surface area contributed by atoms with Gasteiger partial charge >= 0.3 is 6.18 Å². The van der Waals surface area contributed by atoms with E-state index in [2.05, 4.69) is 18.4 Å². The molecule has 4 aliphatic rings. The van der Waals surface area contributed by atoms with E-state index in [-0.39, 0.29) is 36.7 Å². The molecule has 34 heavy (non-hydrogen) atoms. The third kappa shape index (κ3) is 4.62. The zero-order valence-corrected chi connectivity index (χ0v) is 19.6. The van der Waals surface area contributed by atoms with E-state index in [0.29, 0.717) is 6.42 Å². The quantitative estimate of drug-likeness (QED) is 0.546. The van der Waals surface area contributed by atoms with E-state index in [1.54, 1.807) is 12.1 Å². The number of alkyl halides is 3. The Morgan fingerprint density at radius 3 is 2.47 bits per heavy atom. The molecule has 0 bridgehead atoms. The number of rotatable bonds is 7. The lowest BCUT2D eigenvalue weighted by Gasteiger charge is -2.32. The number of allylic oxidation sites excluding steroid dienone is 3. The Hall–Kier alpha value is -2.33. The second-order valence-electron chi connectivity index (χ2n) is 9.64. The van der Waals surface area contributed by atoms with Crippen LogP contribution in [0.4, 0.5) is 23.2 Å². The van der Waals surface area contributed by atoms with E-state index in [0.717, 1.165) is 51.7 Å². The lowest BCUT2D eigenvalue weighted by molar-refractivity contribution is -0.107. The summed E-state index contributed by atoms with van der Waals surface area (Å²) in [5.41, 5.74) is 8.22. The molecule has 2 atom stereocenters. The van der Waals surface area contributed by atoms with Gasteiger partial charge in [-0.25, -0.2) is 17.1 Å².